The third-order valence-corrected chi connectivity index (χ3v) is 5.15. The van der Waals surface area contributed by atoms with E-state index in [1.54, 1.807) is 36.7 Å². The van der Waals surface area contributed by atoms with Crippen molar-refractivity contribution in [3.8, 4) is 0 Å². The number of benzene rings is 1. The molecule has 7 nitrogen and oxygen atoms in total. The Morgan fingerprint density at radius 3 is 2.07 bits per heavy atom. The third-order valence-electron chi connectivity index (χ3n) is 5.15. The maximum atomic E-state index is 12.4. The van der Waals surface area contributed by atoms with Gasteiger partial charge in [0.15, 0.2) is 11.6 Å². The summed E-state index contributed by atoms with van der Waals surface area (Å²) in [5.74, 6) is 1.40. The molecule has 0 fully saturated rings. The average Bonchev–Trinajstić information content (AvgIpc) is 3.40. The maximum Gasteiger partial charge on any atom is 0.261 e. The van der Waals surface area contributed by atoms with Crippen LogP contribution < -0.4 is 0 Å². The molecule has 0 bridgehead atoms. The molecule has 3 aliphatic rings. The van der Waals surface area contributed by atoms with Gasteiger partial charge in [0.25, 0.3) is 11.8 Å². The van der Waals surface area contributed by atoms with Crippen molar-refractivity contribution in [3.63, 3.8) is 0 Å². The topological polar surface area (TPSA) is 68.6 Å². The number of carbonyl (C=O) groups is 2. The molecule has 2 amide bonds. The van der Waals surface area contributed by atoms with Gasteiger partial charge in [-0.2, -0.15) is 0 Å². The fraction of sp³-hybridized carbons (Fsp3) is 0.333. The summed E-state index contributed by atoms with van der Waals surface area (Å²) in [4.78, 5) is 38.9. The summed E-state index contributed by atoms with van der Waals surface area (Å²) in [5.41, 5.74) is 1.05. The molecule has 0 saturated carbocycles. The zero-order chi connectivity index (χ0) is 19.5. The van der Waals surface area contributed by atoms with E-state index in [-0.39, 0.29) is 11.8 Å². The van der Waals surface area contributed by atoms with Crippen molar-refractivity contribution in [1.82, 2.24) is 14.7 Å². The van der Waals surface area contributed by atoms with Crippen molar-refractivity contribution in [2.24, 2.45) is 9.98 Å². The highest BCUT2D eigenvalue weighted by Gasteiger charge is 2.34. The molecule has 0 N–H and O–H groups in total. The summed E-state index contributed by atoms with van der Waals surface area (Å²) in [6.45, 7) is 1.37. The Balaban J connectivity index is 1.21. The Morgan fingerprint density at radius 1 is 0.821 bits per heavy atom. The van der Waals surface area contributed by atoms with E-state index in [1.807, 2.05) is 24.3 Å². The number of amides is 2. The number of nitrogens with zero attached hydrogens (tertiary/aromatic N) is 5. The van der Waals surface area contributed by atoms with Gasteiger partial charge in [0, 0.05) is 45.0 Å². The Bertz CT molecular complexity index is 866. The molecule has 4 rings (SSSR count). The van der Waals surface area contributed by atoms with Gasteiger partial charge in [-0.05, 0) is 25.0 Å². The molecule has 7 heteroatoms. The fourth-order valence-corrected chi connectivity index (χ4v) is 3.70. The van der Waals surface area contributed by atoms with Crippen LogP contribution >= 0.6 is 0 Å². The van der Waals surface area contributed by atoms with Gasteiger partial charge in [-0.3, -0.25) is 14.5 Å². The molecule has 144 valence electrons. The lowest BCUT2D eigenvalue weighted by atomic mass is 10.1. The molecule has 28 heavy (non-hydrogen) atoms. The van der Waals surface area contributed by atoms with Gasteiger partial charge in [-0.15, -0.1) is 0 Å². The van der Waals surface area contributed by atoms with Crippen molar-refractivity contribution < 1.29 is 9.59 Å². The molecule has 0 atom stereocenters. The largest absolute Gasteiger partial charge is 0.333 e. The van der Waals surface area contributed by atoms with Gasteiger partial charge < -0.3 is 9.80 Å². The highest BCUT2D eigenvalue weighted by atomic mass is 16.2. The first-order chi connectivity index (χ1) is 13.7. The smallest absolute Gasteiger partial charge is 0.261 e. The lowest BCUT2D eigenvalue weighted by Crippen LogP contribution is -2.30. The number of hydrogen-bond acceptors (Lipinski definition) is 6. The molecular formula is C21H23N5O2. The molecule has 0 aliphatic carbocycles. The van der Waals surface area contributed by atoms with E-state index in [9.17, 15) is 9.59 Å². The molecular weight excluding hydrogens is 354 g/mol. The first-order valence-electron chi connectivity index (χ1n) is 9.61. The van der Waals surface area contributed by atoms with Crippen LogP contribution in [0.15, 0.2) is 58.3 Å². The van der Waals surface area contributed by atoms with Crippen molar-refractivity contribution >= 4 is 24.2 Å². The predicted octanol–water partition coefficient (Wildman–Crippen LogP) is 2.84. The zero-order valence-electron chi connectivity index (χ0n) is 15.9. The van der Waals surface area contributed by atoms with Gasteiger partial charge in [0.1, 0.15) is 0 Å². The SMILES string of the molecule is CN1C=CN(CCCCCCN2C(=O)c3ccccc3C2=O)C1=C1N=CC=N1. The number of hydrogen-bond donors (Lipinski definition) is 0. The van der Waals surface area contributed by atoms with Crippen LogP contribution in [0, 0.1) is 0 Å². The predicted molar refractivity (Wildman–Crippen MR) is 108 cm³/mol. The number of rotatable bonds is 7. The van der Waals surface area contributed by atoms with E-state index in [0.29, 0.717) is 17.7 Å². The molecule has 3 aliphatic heterocycles. The molecule has 3 heterocycles. The number of carbonyl (C=O) groups excluding carboxylic acids is 2. The lowest BCUT2D eigenvalue weighted by Gasteiger charge is -2.22. The molecule has 0 unspecified atom stereocenters. The fourth-order valence-electron chi connectivity index (χ4n) is 3.70. The van der Waals surface area contributed by atoms with Gasteiger partial charge in [-0.25, -0.2) is 9.98 Å². The summed E-state index contributed by atoms with van der Waals surface area (Å²) in [6.07, 6.45) is 11.3. The van der Waals surface area contributed by atoms with Gasteiger partial charge in [0.2, 0.25) is 0 Å². The van der Waals surface area contributed by atoms with Crippen LogP contribution in [0.2, 0.25) is 0 Å². The third kappa shape index (κ3) is 3.35. The summed E-state index contributed by atoms with van der Waals surface area (Å²) in [5, 5.41) is 0. The minimum absolute atomic E-state index is 0.167. The van der Waals surface area contributed by atoms with E-state index in [1.165, 1.54) is 4.90 Å². The van der Waals surface area contributed by atoms with Gasteiger partial charge >= 0.3 is 0 Å². The van der Waals surface area contributed by atoms with Crippen molar-refractivity contribution in [2.75, 3.05) is 20.1 Å². The Labute approximate surface area is 164 Å². The second-order valence-corrected chi connectivity index (χ2v) is 7.03. The van der Waals surface area contributed by atoms with Crippen molar-refractivity contribution in [2.45, 2.75) is 25.7 Å². The van der Waals surface area contributed by atoms with Crippen LogP contribution in [0.3, 0.4) is 0 Å². The summed E-state index contributed by atoms with van der Waals surface area (Å²) < 4.78 is 0. The quantitative estimate of drug-likeness (QED) is 0.541. The monoisotopic (exact) mass is 377 g/mol. The van der Waals surface area contributed by atoms with Crippen LogP contribution in [0.25, 0.3) is 0 Å². The van der Waals surface area contributed by atoms with E-state index in [4.69, 9.17) is 0 Å². The van der Waals surface area contributed by atoms with E-state index in [2.05, 4.69) is 14.9 Å². The Kier molecular flexibility index (Phi) is 5.06. The summed E-state index contributed by atoms with van der Waals surface area (Å²) in [6, 6.07) is 7.04. The molecule has 1 aromatic carbocycles. The molecule has 0 spiro atoms. The highest BCUT2D eigenvalue weighted by Crippen LogP contribution is 2.25. The Hall–Kier alpha value is -3.22. The number of aliphatic imine (C=N–C) groups is 2. The van der Waals surface area contributed by atoms with E-state index >= 15 is 0 Å². The first-order valence-corrected chi connectivity index (χ1v) is 9.61. The normalized spacial score (nSPS) is 17.7. The van der Waals surface area contributed by atoms with E-state index in [0.717, 1.165) is 43.9 Å². The first kappa shape index (κ1) is 18.2. The molecule has 0 aromatic heterocycles. The standard InChI is InChI=1S/C21H23N5O2/c1-24-14-15-25(19(24)18-22-10-11-23-18)12-6-2-3-7-13-26-20(27)16-8-4-5-9-17(16)21(26)28/h4-5,8-11,14-15H,2-3,6-7,12-13H2,1H3. The Morgan fingerprint density at radius 2 is 1.43 bits per heavy atom. The second-order valence-electron chi connectivity index (χ2n) is 7.03. The van der Waals surface area contributed by atoms with Crippen LogP contribution in [0.1, 0.15) is 46.4 Å². The van der Waals surface area contributed by atoms with Gasteiger partial charge in [0.05, 0.1) is 11.1 Å². The van der Waals surface area contributed by atoms with Crippen molar-refractivity contribution in [3.05, 3.63) is 59.4 Å². The van der Waals surface area contributed by atoms with E-state index < -0.39 is 0 Å². The number of unbranched alkanes of at least 4 members (excludes halogenated alkanes) is 3. The number of fused-ring (bicyclic) bond motifs is 1. The molecule has 0 radical (unpaired) electrons. The summed E-state index contributed by atoms with van der Waals surface area (Å²) in [7, 11) is 1.99. The molecule has 1 aromatic rings. The van der Waals surface area contributed by atoms with Gasteiger partial charge in [-0.1, -0.05) is 25.0 Å². The average molecular weight is 377 g/mol. The van der Waals surface area contributed by atoms with Crippen LogP contribution in [-0.2, 0) is 0 Å². The maximum absolute atomic E-state index is 12.4. The minimum Gasteiger partial charge on any atom is -0.333 e. The zero-order valence-corrected chi connectivity index (χ0v) is 15.9. The van der Waals surface area contributed by atoms with Crippen LogP contribution in [0.5, 0.6) is 0 Å². The lowest BCUT2D eigenvalue weighted by molar-refractivity contribution is 0.0651. The van der Waals surface area contributed by atoms with Crippen LogP contribution in [0.4, 0.5) is 0 Å². The minimum atomic E-state index is -0.167. The summed E-state index contributed by atoms with van der Waals surface area (Å²) >= 11 is 0. The molecule has 0 saturated heterocycles. The van der Waals surface area contributed by atoms with Crippen molar-refractivity contribution in [1.29, 1.82) is 0 Å². The van der Waals surface area contributed by atoms with Crippen LogP contribution in [-0.4, -0.2) is 59.1 Å². The highest BCUT2D eigenvalue weighted by molar-refractivity contribution is 6.21. The number of imide groups is 1. The second kappa shape index (κ2) is 7.80.